The second-order valence-electron chi connectivity index (χ2n) is 3.42. The van der Waals surface area contributed by atoms with E-state index in [0.717, 1.165) is 24.8 Å². The van der Waals surface area contributed by atoms with Crippen molar-refractivity contribution in [3.63, 3.8) is 0 Å². The molecule has 0 radical (unpaired) electrons. The molecule has 0 heterocycles. The molecule has 0 saturated heterocycles. The van der Waals surface area contributed by atoms with E-state index in [1.54, 1.807) is 6.21 Å². The summed E-state index contributed by atoms with van der Waals surface area (Å²) in [5.41, 5.74) is 11.5. The fraction of sp³-hybridized carbons (Fsp3) is 0.667. The zero-order chi connectivity index (χ0) is 9.73. The summed E-state index contributed by atoms with van der Waals surface area (Å²) in [5, 5.41) is 8.98. The number of hydrogen-bond donors (Lipinski definition) is 3. The van der Waals surface area contributed by atoms with Crippen molar-refractivity contribution >= 4 is 6.21 Å². The van der Waals surface area contributed by atoms with Crippen molar-refractivity contribution in [2.45, 2.75) is 24.8 Å². The van der Waals surface area contributed by atoms with Crippen molar-refractivity contribution in [1.29, 1.82) is 0 Å². The summed E-state index contributed by atoms with van der Waals surface area (Å²) < 4.78 is 0. The Balaban J connectivity index is 2.46. The van der Waals surface area contributed by atoms with Crippen molar-refractivity contribution in [3.05, 3.63) is 11.8 Å². The lowest BCUT2D eigenvalue weighted by Crippen LogP contribution is -2.12. The number of nitrogens with two attached hydrogens (primary N) is 2. The molecule has 1 aliphatic rings. The maximum atomic E-state index is 8.98. The highest BCUT2D eigenvalue weighted by Crippen LogP contribution is 2.38. The van der Waals surface area contributed by atoms with E-state index in [-0.39, 0.29) is 12.1 Å². The van der Waals surface area contributed by atoms with Crippen molar-refractivity contribution in [3.8, 4) is 0 Å². The second-order valence-corrected chi connectivity index (χ2v) is 3.42. The predicted molar refractivity (Wildman–Crippen MR) is 53.5 cm³/mol. The summed E-state index contributed by atoms with van der Waals surface area (Å²) in [4.78, 5) is 4.30. The highest BCUT2D eigenvalue weighted by Gasteiger charge is 2.41. The Labute approximate surface area is 78.3 Å². The van der Waals surface area contributed by atoms with Crippen LogP contribution in [0.1, 0.15) is 19.3 Å². The van der Waals surface area contributed by atoms with Crippen LogP contribution in [0.3, 0.4) is 0 Å². The molecule has 0 spiro atoms. The van der Waals surface area contributed by atoms with Gasteiger partial charge in [-0.3, -0.25) is 4.99 Å². The highest BCUT2D eigenvalue weighted by molar-refractivity contribution is 5.78. The van der Waals surface area contributed by atoms with E-state index in [2.05, 4.69) is 4.99 Å². The molecule has 74 valence electrons. The Kier molecular flexibility index (Phi) is 3.45. The van der Waals surface area contributed by atoms with Crippen molar-refractivity contribution < 1.29 is 5.11 Å². The van der Waals surface area contributed by atoms with Crippen LogP contribution in [0, 0.1) is 0 Å². The van der Waals surface area contributed by atoms with Crippen LogP contribution in [0.2, 0.25) is 0 Å². The van der Waals surface area contributed by atoms with Crippen molar-refractivity contribution in [2.75, 3.05) is 13.2 Å². The quantitative estimate of drug-likeness (QED) is 0.515. The third kappa shape index (κ3) is 2.82. The minimum absolute atomic E-state index is 0.129. The summed E-state index contributed by atoms with van der Waals surface area (Å²) in [7, 11) is 0. The van der Waals surface area contributed by atoms with Gasteiger partial charge < -0.3 is 16.6 Å². The van der Waals surface area contributed by atoms with Gasteiger partial charge in [0.15, 0.2) is 0 Å². The first-order valence-electron chi connectivity index (χ1n) is 4.53. The van der Waals surface area contributed by atoms with Gasteiger partial charge in [-0.05, 0) is 37.6 Å². The first-order valence-corrected chi connectivity index (χ1v) is 4.53. The summed E-state index contributed by atoms with van der Waals surface area (Å²) in [5.74, 6) is 0. The van der Waals surface area contributed by atoms with Gasteiger partial charge in [0.25, 0.3) is 0 Å². The molecule has 5 N–H and O–H groups in total. The average molecular weight is 183 g/mol. The van der Waals surface area contributed by atoms with Gasteiger partial charge in [-0.25, -0.2) is 0 Å². The van der Waals surface area contributed by atoms with Crippen molar-refractivity contribution in [1.82, 2.24) is 0 Å². The molecule has 4 nitrogen and oxygen atoms in total. The van der Waals surface area contributed by atoms with E-state index in [9.17, 15) is 0 Å². The minimum atomic E-state index is -0.192. The molecule has 0 aromatic rings. The van der Waals surface area contributed by atoms with Crippen LogP contribution in [0.25, 0.3) is 0 Å². The van der Waals surface area contributed by atoms with Crippen LogP contribution in [0.5, 0.6) is 0 Å². The SMILES string of the molecule is N/C=C(\C=NC1(CO)CC1)CCN. The standard InChI is InChI=1S/C9H17N3O/c10-4-1-8(5-11)6-12-9(7-13)2-3-9/h5-6,13H,1-4,7,10-11H2/b8-5-,12-6?. The Morgan fingerprint density at radius 1 is 1.54 bits per heavy atom. The van der Waals surface area contributed by atoms with Gasteiger partial charge in [-0.2, -0.15) is 0 Å². The van der Waals surface area contributed by atoms with E-state index in [1.165, 1.54) is 6.20 Å². The Morgan fingerprint density at radius 3 is 2.62 bits per heavy atom. The van der Waals surface area contributed by atoms with Gasteiger partial charge in [0.1, 0.15) is 0 Å². The smallest absolute Gasteiger partial charge is 0.0839 e. The Bertz CT molecular complexity index is 219. The number of aliphatic hydroxyl groups excluding tert-OH is 1. The van der Waals surface area contributed by atoms with Gasteiger partial charge in [0.2, 0.25) is 0 Å². The molecule has 0 aliphatic heterocycles. The lowest BCUT2D eigenvalue weighted by Gasteiger charge is -2.04. The Hall–Kier alpha value is -0.870. The molecule has 0 aromatic heterocycles. The van der Waals surface area contributed by atoms with Crippen LogP contribution in [0.15, 0.2) is 16.8 Å². The maximum Gasteiger partial charge on any atom is 0.0839 e. The predicted octanol–water partition coefficient (Wildman–Crippen LogP) is -0.227. The number of hydrogen-bond acceptors (Lipinski definition) is 4. The molecule has 0 bridgehead atoms. The van der Waals surface area contributed by atoms with Crippen LogP contribution in [0.4, 0.5) is 0 Å². The molecule has 1 fully saturated rings. The van der Waals surface area contributed by atoms with Crippen LogP contribution in [-0.4, -0.2) is 30.0 Å². The molecular weight excluding hydrogens is 166 g/mol. The zero-order valence-electron chi connectivity index (χ0n) is 7.74. The summed E-state index contributed by atoms with van der Waals surface area (Å²) >= 11 is 0. The number of nitrogens with zero attached hydrogens (tertiary/aromatic N) is 1. The third-order valence-electron chi connectivity index (χ3n) is 2.27. The lowest BCUT2D eigenvalue weighted by atomic mass is 10.2. The fourth-order valence-corrected chi connectivity index (χ4v) is 1.05. The van der Waals surface area contributed by atoms with E-state index in [0.29, 0.717) is 6.54 Å². The van der Waals surface area contributed by atoms with Crippen LogP contribution >= 0.6 is 0 Å². The highest BCUT2D eigenvalue weighted by atomic mass is 16.3. The molecule has 0 aromatic carbocycles. The summed E-state index contributed by atoms with van der Waals surface area (Å²) in [6, 6.07) is 0. The summed E-state index contributed by atoms with van der Waals surface area (Å²) in [6.07, 6.45) is 5.93. The molecule has 4 heteroatoms. The molecule has 0 atom stereocenters. The van der Waals surface area contributed by atoms with E-state index in [4.69, 9.17) is 16.6 Å². The average Bonchev–Trinajstić information content (AvgIpc) is 2.93. The topological polar surface area (TPSA) is 84.6 Å². The molecule has 1 aliphatic carbocycles. The Morgan fingerprint density at radius 2 is 2.23 bits per heavy atom. The summed E-state index contributed by atoms with van der Waals surface area (Å²) in [6.45, 7) is 0.700. The first-order chi connectivity index (χ1) is 6.26. The molecule has 1 saturated carbocycles. The van der Waals surface area contributed by atoms with Gasteiger partial charge >= 0.3 is 0 Å². The van der Waals surface area contributed by atoms with E-state index < -0.39 is 0 Å². The van der Waals surface area contributed by atoms with Gasteiger partial charge in [-0.15, -0.1) is 0 Å². The monoisotopic (exact) mass is 183 g/mol. The van der Waals surface area contributed by atoms with Gasteiger partial charge in [0.05, 0.1) is 12.1 Å². The molecule has 0 amide bonds. The molecule has 0 unspecified atom stereocenters. The normalized spacial score (nSPS) is 20.9. The van der Waals surface area contributed by atoms with Crippen LogP contribution < -0.4 is 11.5 Å². The number of aliphatic hydroxyl groups is 1. The fourth-order valence-electron chi connectivity index (χ4n) is 1.05. The van der Waals surface area contributed by atoms with Gasteiger partial charge in [0, 0.05) is 6.21 Å². The largest absolute Gasteiger partial charge is 0.404 e. The lowest BCUT2D eigenvalue weighted by molar-refractivity contribution is 0.258. The minimum Gasteiger partial charge on any atom is -0.404 e. The third-order valence-corrected chi connectivity index (χ3v) is 2.27. The van der Waals surface area contributed by atoms with Gasteiger partial charge in [-0.1, -0.05) is 0 Å². The van der Waals surface area contributed by atoms with Crippen molar-refractivity contribution in [2.24, 2.45) is 16.5 Å². The zero-order valence-corrected chi connectivity index (χ0v) is 7.74. The van der Waals surface area contributed by atoms with E-state index >= 15 is 0 Å². The first kappa shape index (κ1) is 10.2. The number of rotatable bonds is 5. The number of aliphatic imine (C=N–C) groups is 1. The maximum absolute atomic E-state index is 8.98. The molecule has 13 heavy (non-hydrogen) atoms. The molecule has 1 rings (SSSR count). The van der Waals surface area contributed by atoms with Crippen LogP contribution in [-0.2, 0) is 0 Å². The molecular formula is C9H17N3O. The second kappa shape index (κ2) is 4.39. The van der Waals surface area contributed by atoms with E-state index in [1.807, 2.05) is 0 Å².